The summed E-state index contributed by atoms with van der Waals surface area (Å²) in [5.41, 5.74) is 4.83. The predicted molar refractivity (Wildman–Crippen MR) is 131 cm³/mol. The van der Waals surface area contributed by atoms with Gasteiger partial charge in [-0.1, -0.05) is 6.07 Å². The van der Waals surface area contributed by atoms with Crippen LogP contribution in [0.1, 0.15) is 10.4 Å². The molecule has 0 aliphatic carbocycles. The van der Waals surface area contributed by atoms with Crippen molar-refractivity contribution >= 4 is 51.6 Å². The molecule has 4 aromatic rings. The van der Waals surface area contributed by atoms with Crippen LogP contribution in [0.3, 0.4) is 0 Å². The summed E-state index contributed by atoms with van der Waals surface area (Å²) >= 11 is 1.59. The first-order chi connectivity index (χ1) is 15.7. The van der Waals surface area contributed by atoms with Crippen molar-refractivity contribution in [3.63, 3.8) is 0 Å². The lowest BCUT2D eigenvalue weighted by Crippen LogP contribution is -2.46. The van der Waals surface area contributed by atoms with Crippen molar-refractivity contribution in [2.45, 2.75) is 0 Å². The predicted octanol–water partition coefficient (Wildman–Crippen LogP) is 3.37. The summed E-state index contributed by atoms with van der Waals surface area (Å²) in [6.07, 6.45) is 3.20. The van der Waals surface area contributed by atoms with Gasteiger partial charge in [-0.15, -0.1) is 23.7 Å². The van der Waals surface area contributed by atoms with E-state index in [2.05, 4.69) is 30.6 Å². The molecule has 0 saturated carbocycles. The number of halogens is 1. The second-order valence-electron chi connectivity index (χ2n) is 7.24. The van der Waals surface area contributed by atoms with Gasteiger partial charge in [-0.2, -0.15) is 0 Å². The Morgan fingerprint density at radius 3 is 2.73 bits per heavy atom. The molecule has 9 nitrogen and oxygen atoms in total. The van der Waals surface area contributed by atoms with Crippen LogP contribution < -0.4 is 15.4 Å². The van der Waals surface area contributed by atoms with Crippen LogP contribution in [-0.4, -0.2) is 64.0 Å². The Kier molecular flexibility index (Phi) is 6.97. The molecule has 4 heterocycles. The largest absolute Gasteiger partial charge is 0.493 e. The van der Waals surface area contributed by atoms with Crippen molar-refractivity contribution in [3.8, 4) is 17.0 Å². The summed E-state index contributed by atoms with van der Waals surface area (Å²) < 4.78 is 6.58. The Hall–Kier alpha value is -3.34. The highest BCUT2D eigenvalue weighted by Gasteiger charge is 2.18. The number of piperazine rings is 1. The molecule has 11 heteroatoms. The summed E-state index contributed by atoms with van der Waals surface area (Å²) in [5, 5.41) is 6.35. The molecule has 1 amide bonds. The third kappa shape index (κ3) is 4.87. The van der Waals surface area contributed by atoms with E-state index in [0.717, 1.165) is 28.9 Å². The van der Waals surface area contributed by atoms with Crippen LogP contribution in [0.2, 0.25) is 0 Å². The van der Waals surface area contributed by atoms with Gasteiger partial charge in [0.15, 0.2) is 5.75 Å². The van der Waals surface area contributed by atoms with Crippen LogP contribution in [0.25, 0.3) is 21.5 Å². The minimum atomic E-state index is -0.00837. The molecule has 3 aromatic heterocycles. The summed E-state index contributed by atoms with van der Waals surface area (Å²) in [6.45, 7) is 3.03. The lowest BCUT2D eigenvalue weighted by atomic mass is 10.1. The first-order valence-electron chi connectivity index (χ1n) is 10.2. The Morgan fingerprint density at radius 2 is 1.97 bits per heavy atom. The third-order valence-electron chi connectivity index (χ3n) is 5.23. The number of ether oxygens (including phenoxy) is 1. The van der Waals surface area contributed by atoms with Gasteiger partial charge in [0, 0.05) is 37.9 Å². The van der Waals surface area contributed by atoms with E-state index in [1.54, 1.807) is 43.0 Å². The summed E-state index contributed by atoms with van der Waals surface area (Å²) in [7, 11) is 1.59. The maximum atomic E-state index is 12.6. The smallest absolute Gasteiger partial charge is 0.255 e. The van der Waals surface area contributed by atoms with Gasteiger partial charge >= 0.3 is 0 Å². The van der Waals surface area contributed by atoms with E-state index < -0.39 is 0 Å². The average molecular weight is 484 g/mol. The molecular formula is C22H22ClN7O2S. The first kappa shape index (κ1) is 22.8. The number of hydrogen-bond donors (Lipinski definition) is 2. The van der Waals surface area contributed by atoms with Gasteiger partial charge in [0.05, 0.1) is 34.6 Å². The second-order valence-corrected chi connectivity index (χ2v) is 8.13. The van der Waals surface area contributed by atoms with Gasteiger partial charge < -0.3 is 20.3 Å². The number of anilines is 2. The van der Waals surface area contributed by atoms with Gasteiger partial charge in [-0.05, 0) is 24.3 Å². The number of carbonyl (C=O) groups is 1. The molecule has 0 bridgehead atoms. The number of aromatic nitrogens is 4. The fraction of sp³-hybridized carbons (Fsp3) is 0.227. The third-order valence-corrected chi connectivity index (χ3v) is 6.04. The molecule has 0 radical (unpaired) electrons. The van der Waals surface area contributed by atoms with E-state index in [9.17, 15) is 4.79 Å². The lowest BCUT2D eigenvalue weighted by molar-refractivity contribution is 0.0735. The number of nitrogens with zero attached hydrogens (tertiary/aromatic N) is 5. The van der Waals surface area contributed by atoms with E-state index in [-0.39, 0.29) is 18.3 Å². The number of fused-ring (bicyclic) bond motifs is 1. The van der Waals surface area contributed by atoms with Gasteiger partial charge in [0.25, 0.3) is 5.91 Å². The molecule has 1 aliphatic rings. The van der Waals surface area contributed by atoms with E-state index in [4.69, 9.17) is 4.74 Å². The van der Waals surface area contributed by atoms with Gasteiger partial charge in [0.1, 0.15) is 11.5 Å². The molecule has 2 N–H and O–H groups in total. The SMILES string of the molecule is COc1cnc(Nc2ccc(C(=O)N3CCNCC3)cn2)nc1-c1ccc2scnc2c1.Cl. The molecule has 5 rings (SSSR count). The van der Waals surface area contributed by atoms with E-state index in [1.165, 1.54) is 0 Å². The van der Waals surface area contributed by atoms with Crippen LogP contribution >= 0.6 is 23.7 Å². The molecule has 1 aliphatic heterocycles. The number of thiazole rings is 1. The molecule has 1 fully saturated rings. The van der Waals surface area contributed by atoms with E-state index >= 15 is 0 Å². The van der Waals surface area contributed by atoms with Crippen molar-refractivity contribution in [1.29, 1.82) is 0 Å². The molecule has 170 valence electrons. The van der Waals surface area contributed by atoms with Crippen molar-refractivity contribution in [2.24, 2.45) is 0 Å². The molecule has 33 heavy (non-hydrogen) atoms. The summed E-state index contributed by atoms with van der Waals surface area (Å²) in [4.78, 5) is 32.2. The number of pyridine rings is 1. The first-order valence-corrected chi connectivity index (χ1v) is 11.1. The van der Waals surface area contributed by atoms with E-state index in [1.807, 2.05) is 28.6 Å². The lowest BCUT2D eigenvalue weighted by Gasteiger charge is -2.27. The number of amides is 1. The molecule has 0 atom stereocenters. The number of benzene rings is 1. The second kappa shape index (κ2) is 10.1. The number of carbonyl (C=O) groups excluding carboxylic acids is 1. The summed E-state index contributed by atoms with van der Waals surface area (Å²) in [6, 6.07) is 9.51. The summed E-state index contributed by atoms with van der Waals surface area (Å²) in [5.74, 6) is 1.49. The van der Waals surface area contributed by atoms with Crippen LogP contribution in [0, 0.1) is 0 Å². The van der Waals surface area contributed by atoms with Crippen molar-refractivity contribution in [2.75, 3.05) is 38.6 Å². The highest BCUT2D eigenvalue weighted by molar-refractivity contribution is 7.16. The monoisotopic (exact) mass is 483 g/mol. The molecular weight excluding hydrogens is 462 g/mol. The zero-order valence-electron chi connectivity index (χ0n) is 17.8. The van der Waals surface area contributed by atoms with Crippen LogP contribution in [0.5, 0.6) is 5.75 Å². The van der Waals surface area contributed by atoms with Gasteiger partial charge in [0.2, 0.25) is 5.95 Å². The zero-order chi connectivity index (χ0) is 21.9. The van der Waals surface area contributed by atoms with Gasteiger partial charge in [-0.3, -0.25) is 4.79 Å². The minimum Gasteiger partial charge on any atom is -0.493 e. The Balaban J connectivity index is 0.00000259. The normalized spacial score (nSPS) is 13.4. The Labute approximate surface area is 200 Å². The number of nitrogens with one attached hydrogen (secondary N) is 2. The van der Waals surface area contributed by atoms with Crippen molar-refractivity contribution < 1.29 is 9.53 Å². The number of hydrogen-bond acceptors (Lipinski definition) is 9. The van der Waals surface area contributed by atoms with Crippen molar-refractivity contribution in [3.05, 3.63) is 53.8 Å². The molecule has 0 unspecified atom stereocenters. The van der Waals surface area contributed by atoms with Crippen LogP contribution in [-0.2, 0) is 0 Å². The average Bonchev–Trinajstić information content (AvgIpc) is 3.32. The molecule has 1 aromatic carbocycles. The zero-order valence-corrected chi connectivity index (χ0v) is 19.4. The highest BCUT2D eigenvalue weighted by atomic mass is 35.5. The fourth-order valence-corrected chi connectivity index (χ4v) is 4.21. The number of rotatable bonds is 5. The topological polar surface area (TPSA) is 105 Å². The van der Waals surface area contributed by atoms with Crippen molar-refractivity contribution in [1.82, 2.24) is 30.2 Å². The van der Waals surface area contributed by atoms with Gasteiger partial charge in [-0.25, -0.2) is 19.9 Å². The number of methoxy groups -OCH3 is 1. The maximum Gasteiger partial charge on any atom is 0.255 e. The molecule has 0 spiro atoms. The van der Waals surface area contributed by atoms with E-state index in [0.29, 0.717) is 41.9 Å². The standard InChI is InChI=1S/C22H21N7O2S.ClH/c1-31-17-12-25-22(28-20(17)14-2-4-18-16(10-14)26-13-32-18)27-19-5-3-15(11-24-19)21(30)29-8-6-23-7-9-29;/h2-5,10-13,23H,6-9H2,1H3,(H,24,25,27,28);1H. The minimum absolute atomic E-state index is 0. The maximum absolute atomic E-state index is 12.6. The Bertz CT molecular complexity index is 1260. The van der Waals surface area contributed by atoms with Crippen LogP contribution in [0.4, 0.5) is 11.8 Å². The quantitative estimate of drug-likeness (QED) is 0.445. The highest BCUT2D eigenvalue weighted by Crippen LogP contribution is 2.31. The van der Waals surface area contributed by atoms with Crippen LogP contribution in [0.15, 0.2) is 48.2 Å². The fourth-order valence-electron chi connectivity index (χ4n) is 3.55. The Morgan fingerprint density at radius 1 is 1.12 bits per heavy atom. The molecule has 1 saturated heterocycles.